The zero-order valence-electron chi connectivity index (χ0n) is 11.0. The van der Waals surface area contributed by atoms with Crippen LogP contribution < -0.4 is 4.90 Å². The van der Waals surface area contributed by atoms with Crippen molar-refractivity contribution in [1.29, 1.82) is 0 Å². The van der Waals surface area contributed by atoms with E-state index in [1.165, 1.54) is 25.5 Å². The van der Waals surface area contributed by atoms with Crippen LogP contribution in [0.5, 0.6) is 0 Å². The highest BCUT2D eigenvalue weighted by Gasteiger charge is 2.18. The molecular weight excluding hydrogens is 230 g/mol. The topological polar surface area (TPSA) is 55.3 Å². The minimum absolute atomic E-state index is 0.190. The largest absolute Gasteiger partial charge is 0.469 e. The summed E-state index contributed by atoms with van der Waals surface area (Å²) >= 11 is 0. The molecule has 0 bridgehead atoms. The summed E-state index contributed by atoms with van der Waals surface area (Å²) in [5, 5.41) is 0. The average molecular weight is 249 g/mol. The van der Waals surface area contributed by atoms with Gasteiger partial charge in [-0.3, -0.25) is 4.79 Å². The molecule has 2 rings (SSSR count). The van der Waals surface area contributed by atoms with E-state index in [2.05, 4.69) is 14.7 Å². The number of esters is 1. The number of nitrogens with zero attached hydrogens (tertiary/aromatic N) is 3. The standard InChI is InChI=1S/C13H19N3O2/c1-16(8-7-12(17)18-2)13-10-5-3-4-6-11(10)14-9-15-13/h9H,3-8H2,1-2H3. The molecule has 5 nitrogen and oxygen atoms in total. The molecule has 0 amide bonds. The van der Waals surface area contributed by atoms with Crippen LogP contribution in [-0.2, 0) is 22.4 Å². The molecule has 1 heterocycles. The fourth-order valence-electron chi connectivity index (χ4n) is 2.30. The smallest absolute Gasteiger partial charge is 0.307 e. The van der Waals surface area contributed by atoms with Crippen molar-refractivity contribution >= 4 is 11.8 Å². The summed E-state index contributed by atoms with van der Waals surface area (Å²) in [5.74, 6) is 0.772. The Balaban J connectivity index is 2.10. The first-order valence-corrected chi connectivity index (χ1v) is 6.33. The van der Waals surface area contributed by atoms with E-state index in [4.69, 9.17) is 0 Å². The van der Waals surface area contributed by atoms with E-state index in [0.29, 0.717) is 13.0 Å². The maximum absolute atomic E-state index is 11.2. The summed E-state index contributed by atoms with van der Waals surface area (Å²) in [6.07, 6.45) is 6.47. The number of rotatable bonds is 4. The number of carbonyl (C=O) groups excluding carboxylic acids is 1. The van der Waals surface area contributed by atoms with Gasteiger partial charge in [-0.15, -0.1) is 0 Å². The molecule has 1 aromatic heterocycles. The number of fused-ring (bicyclic) bond motifs is 1. The van der Waals surface area contributed by atoms with Gasteiger partial charge in [0.15, 0.2) is 0 Å². The van der Waals surface area contributed by atoms with Gasteiger partial charge in [0.2, 0.25) is 0 Å². The van der Waals surface area contributed by atoms with Crippen LogP contribution in [0.4, 0.5) is 5.82 Å². The fourth-order valence-corrected chi connectivity index (χ4v) is 2.30. The molecule has 0 atom stereocenters. The monoisotopic (exact) mass is 249 g/mol. The Kier molecular flexibility index (Phi) is 4.12. The zero-order valence-corrected chi connectivity index (χ0v) is 11.0. The first kappa shape index (κ1) is 12.8. The molecule has 0 aliphatic heterocycles. The summed E-state index contributed by atoms with van der Waals surface area (Å²) < 4.78 is 4.65. The molecule has 0 fully saturated rings. The number of aryl methyl sites for hydroxylation is 1. The predicted molar refractivity (Wildman–Crippen MR) is 68.6 cm³/mol. The minimum atomic E-state index is -0.190. The van der Waals surface area contributed by atoms with Crippen LogP contribution in [0.1, 0.15) is 30.5 Å². The molecule has 0 saturated heterocycles. The molecule has 1 aromatic rings. The Morgan fingerprint density at radius 3 is 2.94 bits per heavy atom. The van der Waals surface area contributed by atoms with Gasteiger partial charge in [-0.1, -0.05) is 0 Å². The van der Waals surface area contributed by atoms with Crippen molar-refractivity contribution in [2.75, 3.05) is 25.6 Å². The Bertz CT molecular complexity index is 434. The third kappa shape index (κ3) is 2.78. The molecule has 98 valence electrons. The van der Waals surface area contributed by atoms with Crippen molar-refractivity contribution in [3.8, 4) is 0 Å². The Hall–Kier alpha value is -1.65. The van der Waals surface area contributed by atoms with E-state index in [1.807, 2.05) is 11.9 Å². The van der Waals surface area contributed by atoms with Gasteiger partial charge in [0.25, 0.3) is 0 Å². The first-order chi connectivity index (χ1) is 8.72. The predicted octanol–water partition coefficient (Wildman–Crippen LogP) is 1.35. The van der Waals surface area contributed by atoms with Crippen LogP contribution in [0.2, 0.25) is 0 Å². The summed E-state index contributed by atoms with van der Waals surface area (Å²) in [6, 6.07) is 0. The van der Waals surface area contributed by atoms with Crippen LogP contribution >= 0.6 is 0 Å². The second-order valence-corrected chi connectivity index (χ2v) is 4.58. The van der Waals surface area contributed by atoms with Gasteiger partial charge in [-0.05, 0) is 25.7 Å². The summed E-state index contributed by atoms with van der Waals surface area (Å²) in [5.41, 5.74) is 2.41. The lowest BCUT2D eigenvalue weighted by Gasteiger charge is -2.24. The Morgan fingerprint density at radius 2 is 2.17 bits per heavy atom. The van der Waals surface area contributed by atoms with Gasteiger partial charge in [0.1, 0.15) is 12.1 Å². The lowest BCUT2D eigenvalue weighted by molar-refractivity contribution is -0.140. The van der Waals surface area contributed by atoms with Gasteiger partial charge >= 0.3 is 5.97 Å². The first-order valence-electron chi connectivity index (χ1n) is 6.33. The number of hydrogen-bond acceptors (Lipinski definition) is 5. The summed E-state index contributed by atoms with van der Waals surface area (Å²) in [7, 11) is 3.37. The molecule has 0 saturated carbocycles. The molecule has 0 aromatic carbocycles. The van der Waals surface area contributed by atoms with Gasteiger partial charge in [0.05, 0.1) is 13.5 Å². The highest BCUT2D eigenvalue weighted by molar-refractivity contribution is 5.70. The molecule has 1 aliphatic rings. The summed E-state index contributed by atoms with van der Waals surface area (Å²) in [4.78, 5) is 21.9. The van der Waals surface area contributed by atoms with E-state index >= 15 is 0 Å². The van der Waals surface area contributed by atoms with Crippen molar-refractivity contribution in [1.82, 2.24) is 9.97 Å². The number of ether oxygens (including phenoxy) is 1. The van der Waals surface area contributed by atoms with Crippen molar-refractivity contribution in [3.63, 3.8) is 0 Å². The lowest BCUT2D eigenvalue weighted by Crippen LogP contribution is -2.25. The molecule has 0 N–H and O–H groups in total. The van der Waals surface area contributed by atoms with E-state index < -0.39 is 0 Å². The third-order valence-electron chi connectivity index (χ3n) is 3.34. The quantitative estimate of drug-likeness (QED) is 0.754. The van der Waals surface area contributed by atoms with Gasteiger partial charge in [0, 0.05) is 24.8 Å². The van der Waals surface area contributed by atoms with E-state index in [0.717, 1.165) is 24.4 Å². The molecule has 0 radical (unpaired) electrons. The second-order valence-electron chi connectivity index (χ2n) is 4.58. The molecule has 0 unspecified atom stereocenters. The van der Waals surface area contributed by atoms with Gasteiger partial charge in [-0.2, -0.15) is 0 Å². The number of hydrogen-bond donors (Lipinski definition) is 0. The van der Waals surface area contributed by atoms with E-state index in [1.54, 1.807) is 6.33 Å². The van der Waals surface area contributed by atoms with Crippen molar-refractivity contribution in [2.24, 2.45) is 0 Å². The number of methoxy groups -OCH3 is 1. The highest BCUT2D eigenvalue weighted by atomic mass is 16.5. The molecule has 1 aliphatic carbocycles. The fraction of sp³-hybridized carbons (Fsp3) is 0.615. The third-order valence-corrected chi connectivity index (χ3v) is 3.34. The second kappa shape index (κ2) is 5.80. The van der Waals surface area contributed by atoms with Crippen LogP contribution in [0.3, 0.4) is 0 Å². The van der Waals surface area contributed by atoms with Crippen LogP contribution in [0, 0.1) is 0 Å². The normalized spacial score (nSPS) is 13.9. The van der Waals surface area contributed by atoms with Crippen molar-refractivity contribution < 1.29 is 9.53 Å². The van der Waals surface area contributed by atoms with Crippen LogP contribution in [0.15, 0.2) is 6.33 Å². The van der Waals surface area contributed by atoms with E-state index in [-0.39, 0.29) is 5.97 Å². The van der Waals surface area contributed by atoms with Crippen molar-refractivity contribution in [3.05, 3.63) is 17.6 Å². The van der Waals surface area contributed by atoms with Gasteiger partial charge in [-0.25, -0.2) is 9.97 Å². The summed E-state index contributed by atoms with van der Waals surface area (Å²) in [6.45, 7) is 0.621. The maximum atomic E-state index is 11.2. The van der Waals surface area contributed by atoms with Crippen molar-refractivity contribution in [2.45, 2.75) is 32.1 Å². The Labute approximate surface area is 107 Å². The molecule has 5 heteroatoms. The molecule has 18 heavy (non-hydrogen) atoms. The van der Waals surface area contributed by atoms with Gasteiger partial charge < -0.3 is 9.64 Å². The minimum Gasteiger partial charge on any atom is -0.469 e. The van der Waals surface area contributed by atoms with E-state index in [9.17, 15) is 4.79 Å². The Morgan fingerprint density at radius 1 is 1.39 bits per heavy atom. The van der Waals surface area contributed by atoms with Crippen LogP contribution in [0.25, 0.3) is 0 Å². The van der Waals surface area contributed by atoms with Crippen LogP contribution in [-0.4, -0.2) is 36.6 Å². The molecule has 0 spiro atoms. The maximum Gasteiger partial charge on any atom is 0.307 e. The molecular formula is C13H19N3O2. The SMILES string of the molecule is COC(=O)CCN(C)c1ncnc2c1CCCC2. The lowest BCUT2D eigenvalue weighted by atomic mass is 9.96. The highest BCUT2D eigenvalue weighted by Crippen LogP contribution is 2.26. The number of anilines is 1. The average Bonchev–Trinajstić information content (AvgIpc) is 2.43. The number of carbonyl (C=O) groups is 1. The zero-order chi connectivity index (χ0) is 13.0. The number of aromatic nitrogens is 2.